The quantitative estimate of drug-likeness (QED) is 0.0404. The van der Waals surface area contributed by atoms with Gasteiger partial charge in [-0.3, -0.25) is 9.59 Å². The SMILES string of the molecule is CC/C=C\C/C=C\C/C=C\C/C=C\C/C=C\CC(=O)OC(COC(=O)CCCCCCC/C=C\CCC)COC1OC(CO)C(O)C(O)C1O. The van der Waals surface area contributed by atoms with Crippen molar-refractivity contribution < 1.29 is 49.0 Å². The van der Waals surface area contributed by atoms with Crippen molar-refractivity contribution in [3.05, 3.63) is 72.9 Å². The van der Waals surface area contributed by atoms with Crippen LogP contribution in [0.25, 0.3) is 0 Å². The topological polar surface area (TPSA) is 152 Å². The van der Waals surface area contributed by atoms with Gasteiger partial charge in [-0.05, 0) is 57.8 Å². The van der Waals surface area contributed by atoms with E-state index >= 15 is 0 Å². The van der Waals surface area contributed by atoms with Crippen LogP contribution in [0.15, 0.2) is 72.9 Å². The van der Waals surface area contributed by atoms with Gasteiger partial charge in [-0.25, -0.2) is 0 Å². The van der Waals surface area contributed by atoms with E-state index in [9.17, 15) is 30.0 Å². The first-order valence-corrected chi connectivity index (χ1v) is 18.5. The largest absolute Gasteiger partial charge is 0.462 e. The van der Waals surface area contributed by atoms with Gasteiger partial charge >= 0.3 is 11.9 Å². The van der Waals surface area contributed by atoms with Gasteiger partial charge in [-0.1, -0.05) is 112 Å². The van der Waals surface area contributed by atoms with Gasteiger partial charge in [0.2, 0.25) is 0 Å². The molecule has 0 saturated carbocycles. The van der Waals surface area contributed by atoms with Crippen molar-refractivity contribution in [1.29, 1.82) is 0 Å². The maximum Gasteiger partial charge on any atom is 0.310 e. The molecule has 0 aliphatic carbocycles. The Balaban J connectivity index is 2.51. The minimum Gasteiger partial charge on any atom is -0.462 e. The Hall–Kier alpha value is -2.86. The smallest absolute Gasteiger partial charge is 0.310 e. The molecule has 6 atom stereocenters. The van der Waals surface area contributed by atoms with Crippen LogP contribution in [0.5, 0.6) is 0 Å². The molecule has 284 valence electrons. The number of carbonyl (C=O) groups is 2. The third-order valence-electron chi connectivity index (χ3n) is 7.84. The third-order valence-corrected chi connectivity index (χ3v) is 7.84. The summed E-state index contributed by atoms with van der Waals surface area (Å²) in [6, 6.07) is 0. The molecule has 50 heavy (non-hydrogen) atoms. The van der Waals surface area contributed by atoms with Crippen LogP contribution in [0.4, 0.5) is 0 Å². The van der Waals surface area contributed by atoms with Gasteiger partial charge in [0, 0.05) is 6.42 Å². The van der Waals surface area contributed by atoms with E-state index in [1.165, 1.54) is 0 Å². The second-order valence-electron chi connectivity index (χ2n) is 12.3. The van der Waals surface area contributed by atoms with Crippen LogP contribution in [-0.2, 0) is 28.5 Å². The second-order valence-corrected chi connectivity index (χ2v) is 12.3. The molecule has 0 aromatic rings. The molecule has 0 spiro atoms. The summed E-state index contributed by atoms with van der Waals surface area (Å²) in [5.41, 5.74) is 0. The number of esters is 2. The Bertz CT molecular complexity index is 1040. The Morgan fingerprint density at radius 1 is 0.660 bits per heavy atom. The fourth-order valence-electron chi connectivity index (χ4n) is 4.91. The number of hydrogen-bond acceptors (Lipinski definition) is 10. The summed E-state index contributed by atoms with van der Waals surface area (Å²) >= 11 is 0. The van der Waals surface area contributed by atoms with E-state index in [2.05, 4.69) is 68.5 Å². The van der Waals surface area contributed by atoms with E-state index in [0.717, 1.165) is 70.6 Å². The zero-order valence-electron chi connectivity index (χ0n) is 30.4. The number of carbonyl (C=O) groups excluding carboxylic acids is 2. The summed E-state index contributed by atoms with van der Waals surface area (Å²) in [6.45, 7) is 3.09. The molecule has 1 rings (SSSR count). The standard InChI is InChI=1S/C40H64O10/c1-3-5-7-9-11-13-15-16-17-18-19-21-23-25-27-29-36(43)49-33(32-48-40-39(46)38(45)37(44)34(30-41)50-40)31-47-35(42)28-26-24-22-20-14-12-10-8-6-4-2/h5,7-8,10-11,13,16-17,19,21,25,27,33-34,37-41,44-46H,3-4,6,9,12,14-15,18,20,22-24,26,28-32H2,1-2H3/b7-5-,10-8-,13-11-,17-16-,21-19-,27-25-. The van der Waals surface area contributed by atoms with Crippen LogP contribution in [0.3, 0.4) is 0 Å². The average Bonchev–Trinajstić information content (AvgIpc) is 3.11. The number of aliphatic hydroxyl groups is 4. The van der Waals surface area contributed by atoms with Crippen molar-refractivity contribution in [3.63, 3.8) is 0 Å². The maximum atomic E-state index is 12.6. The van der Waals surface area contributed by atoms with Crippen LogP contribution >= 0.6 is 0 Å². The Morgan fingerprint density at radius 2 is 1.24 bits per heavy atom. The first-order valence-electron chi connectivity index (χ1n) is 18.5. The average molecular weight is 705 g/mol. The summed E-state index contributed by atoms with van der Waals surface area (Å²) in [5, 5.41) is 39.8. The zero-order valence-corrected chi connectivity index (χ0v) is 30.4. The van der Waals surface area contributed by atoms with Crippen LogP contribution in [0, 0.1) is 0 Å². The van der Waals surface area contributed by atoms with Crippen LogP contribution in [0.1, 0.15) is 110 Å². The van der Waals surface area contributed by atoms with Crippen molar-refractivity contribution in [1.82, 2.24) is 0 Å². The molecule has 0 bridgehead atoms. The highest BCUT2D eigenvalue weighted by atomic mass is 16.7. The highest BCUT2D eigenvalue weighted by Gasteiger charge is 2.44. The molecule has 0 amide bonds. The van der Waals surface area contributed by atoms with Gasteiger partial charge in [-0.2, -0.15) is 0 Å². The number of ether oxygens (including phenoxy) is 4. The van der Waals surface area contributed by atoms with Crippen molar-refractivity contribution >= 4 is 11.9 Å². The normalized spacial score (nSPS) is 22.2. The first-order chi connectivity index (χ1) is 24.3. The molecular weight excluding hydrogens is 640 g/mol. The Morgan fingerprint density at radius 3 is 1.86 bits per heavy atom. The lowest BCUT2D eigenvalue weighted by molar-refractivity contribution is -0.305. The third kappa shape index (κ3) is 22.8. The van der Waals surface area contributed by atoms with E-state index in [-0.39, 0.29) is 26.1 Å². The van der Waals surface area contributed by atoms with E-state index in [1.807, 2.05) is 12.2 Å². The van der Waals surface area contributed by atoms with Crippen molar-refractivity contribution in [2.75, 3.05) is 19.8 Å². The lowest BCUT2D eigenvalue weighted by Crippen LogP contribution is -2.59. The summed E-state index contributed by atoms with van der Waals surface area (Å²) in [7, 11) is 0. The summed E-state index contributed by atoms with van der Waals surface area (Å²) in [4.78, 5) is 25.0. The monoisotopic (exact) mass is 704 g/mol. The highest BCUT2D eigenvalue weighted by Crippen LogP contribution is 2.22. The number of hydrogen-bond donors (Lipinski definition) is 4. The van der Waals surface area contributed by atoms with Crippen LogP contribution in [0.2, 0.25) is 0 Å². The fourth-order valence-corrected chi connectivity index (χ4v) is 4.91. The summed E-state index contributed by atoms with van der Waals surface area (Å²) in [6.07, 6.45) is 29.5. The van der Waals surface area contributed by atoms with Gasteiger partial charge in [-0.15, -0.1) is 0 Å². The Kier molecular flexibility index (Phi) is 27.9. The van der Waals surface area contributed by atoms with Crippen LogP contribution in [-0.4, -0.2) is 89.0 Å². The molecule has 10 heteroatoms. The lowest BCUT2D eigenvalue weighted by Gasteiger charge is -2.39. The molecule has 6 unspecified atom stereocenters. The van der Waals surface area contributed by atoms with Crippen molar-refractivity contribution in [2.24, 2.45) is 0 Å². The number of unbranched alkanes of at least 4 members (excludes halogenated alkanes) is 6. The molecule has 0 radical (unpaired) electrons. The Labute approximate surface area is 300 Å². The predicted molar refractivity (Wildman–Crippen MR) is 196 cm³/mol. The second kappa shape index (κ2) is 30.9. The number of rotatable bonds is 28. The highest BCUT2D eigenvalue weighted by molar-refractivity contribution is 5.71. The molecule has 1 fully saturated rings. The number of aliphatic hydroxyl groups excluding tert-OH is 4. The molecule has 0 aromatic heterocycles. The zero-order chi connectivity index (χ0) is 36.7. The molecule has 10 nitrogen and oxygen atoms in total. The maximum absolute atomic E-state index is 12.6. The molecule has 1 aliphatic rings. The van der Waals surface area contributed by atoms with Gasteiger partial charge < -0.3 is 39.4 Å². The summed E-state index contributed by atoms with van der Waals surface area (Å²) in [5.74, 6) is -0.978. The van der Waals surface area contributed by atoms with Crippen molar-refractivity contribution in [3.8, 4) is 0 Å². The van der Waals surface area contributed by atoms with Gasteiger partial charge in [0.15, 0.2) is 12.4 Å². The van der Waals surface area contributed by atoms with Gasteiger partial charge in [0.25, 0.3) is 0 Å². The molecule has 1 saturated heterocycles. The first kappa shape index (κ1) is 45.2. The van der Waals surface area contributed by atoms with E-state index in [1.54, 1.807) is 6.08 Å². The van der Waals surface area contributed by atoms with E-state index in [4.69, 9.17) is 18.9 Å². The molecule has 1 heterocycles. The summed E-state index contributed by atoms with van der Waals surface area (Å²) < 4.78 is 21.9. The molecule has 0 aromatic carbocycles. The van der Waals surface area contributed by atoms with E-state index in [0.29, 0.717) is 12.8 Å². The van der Waals surface area contributed by atoms with Gasteiger partial charge in [0.1, 0.15) is 31.0 Å². The van der Waals surface area contributed by atoms with Crippen LogP contribution < -0.4 is 0 Å². The molecular formula is C40H64O10. The number of allylic oxidation sites excluding steroid dienone is 11. The minimum absolute atomic E-state index is 0.00753. The van der Waals surface area contributed by atoms with Crippen molar-refractivity contribution in [2.45, 2.75) is 147 Å². The minimum atomic E-state index is -1.61. The predicted octanol–water partition coefficient (Wildman–Crippen LogP) is 6.49. The molecule has 1 aliphatic heterocycles. The van der Waals surface area contributed by atoms with Gasteiger partial charge in [0.05, 0.1) is 19.6 Å². The lowest BCUT2D eigenvalue weighted by atomic mass is 9.99. The van der Waals surface area contributed by atoms with E-state index < -0.39 is 55.4 Å². The molecule has 4 N–H and O–H groups in total. The fraction of sp³-hybridized carbons (Fsp3) is 0.650.